The molecule has 1 aromatic carbocycles. The number of hydrogen-bond acceptors (Lipinski definition) is 4. The van der Waals surface area contributed by atoms with Crippen molar-refractivity contribution in [3.8, 4) is 0 Å². The van der Waals surface area contributed by atoms with Gasteiger partial charge in [0.15, 0.2) is 0 Å². The van der Waals surface area contributed by atoms with Crippen molar-refractivity contribution in [2.75, 3.05) is 6.54 Å². The van der Waals surface area contributed by atoms with Crippen molar-refractivity contribution in [1.82, 2.24) is 13.5 Å². The third-order valence-electron chi connectivity index (χ3n) is 4.05. The molecule has 1 aliphatic rings. The second-order valence-electron chi connectivity index (χ2n) is 5.37. The summed E-state index contributed by atoms with van der Waals surface area (Å²) in [4.78, 5) is 28.2. The van der Waals surface area contributed by atoms with Crippen molar-refractivity contribution < 1.29 is 4.79 Å². The number of aldehydes is 1. The Kier molecular flexibility index (Phi) is 3.91. The largest absolute Gasteiger partial charge is 0.302 e. The third kappa shape index (κ3) is 2.53. The highest BCUT2D eigenvalue weighted by Crippen LogP contribution is 2.27. The molecule has 3 rings (SSSR count). The number of fused-ring (bicyclic) bond motifs is 1. The fourth-order valence-electron chi connectivity index (χ4n) is 2.96. The lowest BCUT2D eigenvalue weighted by molar-refractivity contribution is -0.111. The summed E-state index contributed by atoms with van der Waals surface area (Å²) < 4.78 is 3.59. The molecule has 1 saturated heterocycles. The molecule has 1 aliphatic heterocycles. The lowest BCUT2D eigenvalue weighted by atomic mass is 10.0. The van der Waals surface area contributed by atoms with Crippen molar-refractivity contribution in [3.63, 3.8) is 0 Å². The van der Waals surface area contributed by atoms with Crippen LogP contribution >= 0.6 is 16.1 Å². The standard InChI is InChI=1S/C15H16BrN3O2/c1-10-17-14-5-3-2-4-13(14)15(21)19(10)11-6-7-12(9-20)18(16)8-11/h2-5,9,11-12H,6-8H2,1H3. The van der Waals surface area contributed by atoms with Gasteiger partial charge >= 0.3 is 0 Å². The summed E-state index contributed by atoms with van der Waals surface area (Å²) in [6.07, 6.45) is 2.48. The number of benzene rings is 1. The molecule has 0 saturated carbocycles. The Hall–Kier alpha value is -1.53. The number of hydrogen-bond donors (Lipinski definition) is 0. The van der Waals surface area contributed by atoms with Crippen molar-refractivity contribution in [2.24, 2.45) is 0 Å². The van der Waals surface area contributed by atoms with Gasteiger partial charge in [0.1, 0.15) is 12.1 Å². The smallest absolute Gasteiger partial charge is 0.261 e. The predicted molar refractivity (Wildman–Crippen MR) is 84.5 cm³/mol. The Morgan fingerprint density at radius 3 is 2.81 bits per heavy atom. The van der Waals surface area contributed by atoms with Gasteiger partial charge in [-0.1, -0.05) is 12.1 Å². The average Bonchev–Trinajstić information content (AvgIpc) is 2.47. The molecule has 2 aromatic rings. The van der Waals surface area contributed by atoms with Crippen LogP contribution in [-0.2, 0) is 4.79 Å². The van der Waals surface area contributed by atoms with E-state index in [9.17, 15) is 9.59 Å². The molecule has 2 unspecified atom stereocenters. The number of aromatic nitrogens is 2. The minimum Gasteiger partial charge on any atom is -0.302 e. The van der Waals surface area contributed by atoms with Crippen LogP contribution in [0.2, 0.25) is 0 Å². The molecule has 1 fully saturated rings. The normalized spacial score (nSPS) is 23.3. The molecule has 110 valence electrons. The van der Waals surface area contributed by atoms with Gasteiger partial charge in [-0.2, -0.15) is 0 Å². The van der Waals surface area contributed by atoms with Crippen LogP contribution in [-0.4, -0.2) is 32.3 Å². The summed E-state index contributed by atoms with van der Waals surface area (Å²) in [7, 11) is 0. The first kappa shape index (κ1) is 14.4. The van der Waals surface area contributed by atoms with E-state index in [0.29, 0.717) is 17.8 Å². The molecule has 0 aliphatic carbocycles. The Balaban J connectivity index is 2.05. The van der Waals surface area contributed by atoms with Crippen molar-refractivity contribution in [2.45, 2.75) is 31.8 Å². The Morgan fingerprint density at radius 2 is 2.10 bits per heavy atom. The lowest BCUT2D eigenvalue weighted by Gasteiger charge is -2.34. The topological polar surface area (TPSA) is 55.2 Å². The number of aryl methyl sites for hydroxylation is 1. The maximum absolute atomic E-state index is 12.7. The minimum absolute atomic E-state index is 0.00597. The lowest BCUT2D eigenvalue weighted by Crippen LogP contribution is -2.42. The molecule has 0 radical (unpaired) electrons. The minimum atomic E-state index is -0.120. The van der Waals surface area contributed by atoms with Gasteiger partial charge in [0.25, 0.3) is 5.56 Å². The van der Waals surface area contributed by atoms with Crippen molar-refractivity contribution >= 4 is 33.3 Å². The van der Waals surface area contributed by atoms with Crippen LogP contribution in [0.1, 0.15) is 24.7 Å². The first-order valence-corrected chi connectivity index (χ1v) is 7.68. The van der Waals surface area contributed by atoms with E-state index in [-0.39, 0.29) is 17.6 Å². The molecule has 6 heteroatoms. The SMILES string of the molecule is Cc1nc2ccccc2c(=O)n1C1CCC(C=O)N(Br)C1. The van der Waals surface area contributed by atoms with Gasteiger partial charge < -0.3 is 4.79 Å². The molecule has 1 aromatic heterocycles. The number of rotatable bonds is 2. The van der Waals surface area contributed by atoms with E-state index in [4.69, 9.17) is 0 Å². The predicted octanol–water partition coefficient (Wildman–Crippen LogP) is 2.22. The molecule has 21 heavy (non-hydrogen) atoms. The molecular formula is C15H16BrN3O2. The van der Waals surface area contributed by atoms with E-state index in [1.165, 1.54) is 0 Å². The van der Waals surface area contributed by atoms with Gasteiger partial charge in [0.2, 0.25) is 0 Å². The van der Waals surface area contributed by atoms with Crippen LogP contribution in [0.3, 0.4) is 0 Å². The van der Waals surface area contributed by atoms with Gasteiger partial charge in [-0.15, -0.1) is 0 Å². The number of para-hydroxylation sites is 1. The van der Waals surface area contributed by atoms with E-state index < -0.39 is 0 Å². The highest BCUT2D eigenvalue weighted by Gasteiger charge is 2.29. The maximum Gasteiger partial charge on any atom is 0.261 e. The zero-order chi connectivity index (χ0) is 15.0. The Labute approximate surface area is 130 Å². The summed E-state index contributed by atoms with van der Waals surface area (Å²) in [6.45, 7) is 2.47. The molecule has 0 amide bonds. The van der Waals surface area contributed by atoms with Gasteiger partial charge in [-0.3, -0.25) is 9.36 Å². The molecule has 0 N–H and O–H groups in total. The van der Waals surface area contributed by atoms with E-state index in [1.807, 2.05) is 35.1 Å². The first-order valence-electron chi connectivity index (χ1n) is 6.97. The molecular weight excluding hydrogens is 334 g/mol. The van der Waals surface area contributed by atoms with Crippen molar-refractivity contribution in [1.29, 1.82) is 0 Å². The highest BCUT2D eigenvalue weighted by molar-refractivity contribution is 9.07. The van der Waals surface area contributed by atoms with E-state index in [0.717, 1.165) is 24.6 Å². The number of piperidine rings is 1. The summed E-state index contributed by atoms with van der Waals surface area (Å²) in [5.41, 5.74) is 0.724. The van der Waals surface area contributed by atoms with Gasteiger partial charge in [0.05, 0.1) is 23.0 Å². The summed E-state index contributed by atoms with van der Waals surface area (Å²) in [6, 6.07) is 7.31. The van der Waals surface area contributed by atoms with E-state index in [1.54, 1.807) is 4.57 Å². The van der Waals surface area contributed by atoms with Gasteiger partial charge in [0, 0.05) is 22.7 Å². The molecule has 2 heterocycles. The number of halogens is 1. The summed E-state index contributed by atoms with van der Waals surface area (Å²) in [5, 5.41) is 0.640. The van der Waals surface area contributed by atoms with Gasteiger partial charge in [-0.25, -0.2) is 8.91 Å². The number of carbonyl (C=O) groups is 1. The number of carbonyl (C=O) groups excluding carboxylic acids is 1. The second-order valence-corrected chi connectivity index (χ2v) is 6.28. The maximum atomic E-state index is 12.7. The molecule has 0 bridgehead atoms. The number of nitrogens with zero attached hydrogens (tertiary/aromatic N) is 3. The Morgan fingerprint density at radius 1 is 1.33 bits per heavy atom. The van der Waals surface area contributed by atoms with Gasteiger partial charge in [-0.05, 0) is 31.9 Å². The van der Waals surface area contributed by atoms with E-state index >= 15 is 0 Å². The second kappa shape index (κ2) is 5.69. The van der Waals surface area contributed by atoms with Crippen LogP contribution in [0.5, 0.6) is 0 Å². The fourth-order valence-corrected chi connectivity index (χ4v) is 3.60. The van der Waals surface area contributed by atoms with Crippen LogP contribution in [0.25, 0.3) is 10.9 Å². The van der Waals surface area contributed by atoms with Crippen LogP contribution in [0.15, 0.2) is 29.1 Å². The van der Waals surface area contributed by atoms with Crippen molar-refractivity contribution in [3.05, 3.63) is 40.4 Å². The zero-order valence-corrected chi connectivity index (χ0v) is 13.3. The molecule has 2 atom stereocenters. The first-order chi connectivity index (χ1) is 10.1. The molecule has 5 nitrogen and oxygen atoms in total. The quantitative estimate of drug-likeness (QED) is 0.616. The van der Waals surface area contributed by atoms with Crippen LogP contribution in [0.4, 0.5) is 0 Å². The highest BCUT2D eigenvalue weighted by atomic mass is 79.9. The summed E-state index contributed by atoms with van der Waals surface area (Å²) >= 11 is 3.42. The Bertz CT molecular complexity index is 743. The molecule has 0 spiro atoms. The van der Waals surface area contributed by atoms with E-state index in [2.05, 4.69) is 21.1 Å². The monoisotopic (exact) mass is 349 g/mol. The fraction of sp³-hybridized carbons (Fsp3) is 0.400. The third-order valence-corrected chi connectivity index (χ3v) is 4.86. The van der Waals surface area contributed by atoms with Crippen LogP contribution in [0, 0.1) is 6.92 Å². The summed E-state index contributed by atoms with van der Waals surface area (Å²) in [5.74, 6) is 0.717. The average molecular weight is 350 g/mol. The van der Waals surface area contributed by atoms with Crippen LogP contribution < -0.4 is 5.56 Å². The zero-order valence-electron chi connectivity index (χ0n) is 11.7.